The van der Waals surface area contributed by atoms with Crippen molar-refractivity contribution in [3.63, 3.8) is 0 Å². The monoisotopic (exact) mass is 390 g/mol. The van der Waals surface area contributed by atoms with Gasteiger partial charge >= 0.3 is 6.03 Å². The summed E-state index contributed by atoms with van der Waals surface area (Å²) in [4.78, 5) is 50.0. The van der Waals surface area contributed by atoms with E-state index in [9.17, 15) is 23.6 Å². The van der Waals surface area contributed by atoms with Gasteiger partial charge in [-0.3, -0.25) is 19.3 Å². The first-order chi connectivity index (χ1) is 13.4. The molecule has 0 unspecified atom stereocenters. The fourth-order valence-electron chi connectivity index (χ4n) is 3.33. The number of hydrogen-bond donors (Lipinski definition) is 2. The number of imide groups is 1. The highest BCUT2D eigenvalue weighted by Gasteiger charge is 2.30. The molecule has 150 valence electrons. The first-order valence-electron chi connectivity index (χ1n) is 9.34. The molecule has 2 fully saturated rings. The Morgan fingerprint density at radius 3 is 2.25 bits per heavy atom. The summed E-state index contributed by atoms with van der Waals surface area (Å²) in [5, 5.41) is 5.50. The van der Waals surface area contributed by atoms with E-state index < -0.39 is 0 Å². The van der Waals surface area contributed by atoms with Crippen LogP contribution in [0.5, 0.6) is 0 Å². The molecular weight excluding hydrogens is 367 g/mol. The normalized spacial score (nSPS) is 17.8. The molecular formula is C19H23FN4O4. The van der Waals surface area contributed by atoms with Gasteiger partial charge in [0.2, 0.25) is 17.7 Å². The van der Waals surface area contributed by atoms with Crippen molar-refractivity contribution in [2.45, 2.75) is 25.7 Å². The molecule has 28 heavy (non-hydrogen) atoms. The highest BCUT2D eigenvalue weighted by molar-refractivity contribution is 6.04. The van der Waals surface area contributed by atoms with E-state index in [4.69, 9.17) is 0 Å². The molecule has 1 aromatic rings. The van der Waals surface area contributed by atoms with Gasteiger partial charge in [-0.05, 0) is 43.0 Å². The molecule has 0 atom stereocenters. The van der Waals surface area contributed by atoms with Crippen molar-refractivity contribution in [2.75, 3.05) is 31.5 Å². The number of halogens is 1. The van der Waals surface area contributed by atoms with Crippen LogP contribution in [0, 0.1) is 11.7 Å². The summed E-state index contributed by atoms with van der Waals surface area (Å²) in [6.45, 7) is 1.33. The average molecular weight is 390 g/mol. The van der Waals surface area contributed by atoms with Crippen molar-refractivity contribution < 1.29 is 23.6 Å². The van der Waals surface area contributed by atoms with Crippen molar-refractivity contribution >= 4 is 29.4 Å². The quantitative estimate of drug-likeness (QED) is 0.741. The van der Waals surface area contributed by atoms with Crippen LogP contribution in [0.1, 0.15) is 25.7 Å². The average Bonchev–Trinajstić information content (AvgIpc) is 3.00. The maximum absolute atomic E-state index is 12.9. The van der Waals surface area contributed by atoms with Gasteiger partial charge in [0.25, 0.3) is 0 Å². The zero-order chi connectivity index (χ0) is 20.1. The molecule has 0 aromatic heterocycles. The number of benzene rings is 1. The maximum Gasteiger partial charge on any atom is 0.321 e. The van der Waals surface area contributed by atoms with Crippen LogP contribution in [0.3, 0.4) is 0 Å². The number of hydrogen-bond acceptors (Lipinski definition) is 4. The summed E-state index contributed by atoms with van der Waals surface area (Å²) < 4.78 is 12.9. The molecule has 2 heterocycles. The SMILES string of the molecule is O=C(CN1C(=O)CCC1=O)NCC1CCN(C(=O)Nc2ccc(F)cc2)CC1. The molecule has 2 saturated heterocycles. The number of piperidine rings is 1. The Balaban J connectivity index is 1.37. The summed E-state index contributed by atoms with van der Waals surface area (Å²) in [6, 6.07) is 5.35. The highest BCUT2D eigenvalue weighted by atomic mass is 19.1. The molecule has 1 aromatic carbocycles. The van der Waals surface area contributed by atoms with E-state index in [0.717, 1.165) is 17.7 Å². The smallest absolute Gasteiger partial charge is 0.321 e. The zero-order valence-electron chi connectivity index (χ0n) is 15.4. The van der Waals surface area contributed by atoms with Crippen molar-refractivity contribution in [3.8, 4) is 0 Å². The fraction of sp³-hybridized carbons (Fsp3) is 0.474. The van der Waals surface area contributed by atoms with Crippen LogP contribution in [-0.2, 0) is 14.4 Å². The number of nitrogens with zero attached hydrogens (tertiary/aromatic N) is 2. The Morgan fingerprint density at radius 2 is 1.64 bits per heavy atom. The Kier molecular flexibility index (Phi) is 6.23. The van der Waals surface area contributed by atoms with E-state index in [1.54, 1.807) is 4.90 Å². The molecule has 0 aliphatic carbocycles. The molecule has 2 aliphatic heterocycles. The number of amides is 5. The molecule has 5 amide bonds. The molecule has 0 bridgehead atoms. The number of likely N-dealkylation sites (tertiary alicyclic amines) is 2. The largest absolute Gasteiger partial charge is 0.354 e. The lowest BCUT2D eigenvalue weighted by molar-refractivity contribution is -0.142. The topological polar surface area (TPSA) is 98.8 Å². The van der Waals surface area contributed by atoms with Gasteiger partial charge in [0, 0.05) is 38.2 Å². The van der Waals surface area contributed by atoms with Crippen molar-refractivity contribution in [3.05, 3.63) is 30.1 Å². The molecule has 0 radical (unpaired) electrons. The number of carbonyl (C=O) groups is 4. The predicted octanol–water partition coefficient (Wildman–Crippen LogP) is 1.33. The number of anilines is 1. The minimum atomic E-state index is -0.362. The third-order valence-corrected chi connectivity index (χ3v) is 5.04. The number of carbonyl (C=O) groups excluding carboxylic acids is 4. The van der Waals surface area contributed by atoms with Gasteiger partial charge < -0.3 is 15.5 Å². The minimum absolute atomic E-state index is 0.171. The van der Waals surface area contributed by atoms with E-state index in [1.807, 2.05) is 0 Å². The third kappa shape index (κ3) is 5.05. The summed E-state index contributed by atoms with van der Waals surface area (Å²) in [5.41, 5.74) is 0.534. The Bertz CT molecular complexity index is 744. The van der Waals surface area contributed by atoms with E-state index >= 15 is 0 Å². The molecule has 0 saturated carbocycles. The maximum atomic E-state index is 12.9. The number of nitrogens with one attached hydrogen (secondary N) is 2. The summed E-state index contributed by atoms with van der Waals surface area (Å²) in [6.07, 6.45) is 1.81. The molecule has 3 rings (SSSR count). The zero-order valence-corrected chi connectivity index (χ0v) is 15.4. The van der Waals surface area contributed by atoms with Crippen LogP contribution in [0.25, 0.3) is 0 Å². The molecule has 2 aliphatic rings. The van der Waals surface area contributed by atoms with Crippen LogP contribution in [0.15, 0.2) is 24.3 Å². The number of urea groups is 1. The lowest BCUT2D eigenvalue weighted by Crippen LogP contribution is -2.45. The van der Waals surface area contributed by atoms with Gasteiger partial charge in [-0.2, -0.15) is 0 Å². The molecule has 2 N–H and O–H groups in total. The van der Waals surface area contributed by atoms with Crippen LogP contribution >= 0.6 is 0 Å². The second-order valence-corrected chi connectivity index (χ2v) is 7.05. The Labute approximate surface area is 162 Å². The van der Waals surface area contributed by atoms with Gasteiger partial charge in [0.15, 0.2) is 0 Å². The van der Waals surface area contributed by atoms with Gasteiger partial charge in [-0.1, -0.05) is 0 Å². The summed E-state index contributed by atoms with van der Waals surface area (Å²) >= 11 is 0. The predicted molar refractivity (Wildman–Crippen MR) is 98.7 cm³/mol. The first-order valence-corrected chi connectivity index (χ1v) is 9.34. The summed E-state index contributed by atoms with van der Waals surface area (Å²) in [5.74, 6) is -1.09. The van der Waals surface area contributed by atoms with E-state index in [2.05, 4.69) is 10.6 Å². The van der Waals surface area contributed by atoms with Crippen LogP contribution in [-0.4, -0.2) is 59.7 Å². The van der Waals surface area contributed by atoms with E-state index in [0.29, 0.717) is 25.3 Å². The van der Waals surface area contributed by atoms with Crippen molar-refractivity contribution in [2.24, 2.45) is 5.92 Å². The molecule has 9 heteroatoms. The fourth-order valence-corrected chi connectivity index (χ4v) is 3.33. The van der Waals surface area contributed by atoms with Crippen LogP contribution in [0.2, 0.25) is 0 Å². The van der Waals surface area contributed by atoms with Gasteiger partial charge in [0.1, 0.15) is 12.4 Å². The van der Waals surface area contributed by atoms with Gasteiger partial charge in [-0.15, -0.1) is 0 Å². The minimum Gasteiger partial charge on any atom is -0.354 e. The van der Waals surface area contributed by atoms with Crippen molar-refractivity contribution in [1.29, 1.82) is 0 Å². The molecule has 8 nitrogen and oxygen atoms in total. The lowest BCUT2D eigenvalue weighted by Gasteiger charge is -2.32. The van der Waals surface area contributed by atoms with Crippen molar-refractivity contribution in [1.82, 2.24) is 15.1 Å². The van der Waals surface area contributed by atoms with E-state index in [-0.39, 0.29) is 54.9 Å². The Morgan fingerprint density at radius 1 is 1.04 bits per heavy atom. The number of rotatable bonds is 5. The summed E-state index contributed by atoms with van der Waals surface area (Å²) in [7, 11) is 0. The first kappa shape index (κ1) is 19.8. The second kappa shape index (κ2) is 8.81. The van der Waals surface area contributed by atoms with E-state index in [1.165, 1.54) is 24.3 Å². The Hall–Kier alpha value is -2.97. The van der Waals surface area contributed by atoms with Crippen LogP contribution in [0.4, 0.5) is 14.9 Å². The third-order valence-electron chi connectivity index (χ3n) is 5.04. The second-order valence-electron chi connectivity index (χ2n) is 7.05. The lowest BCUT2D eigenvalue weighted by atomic mass is 9.97. The van der Waals surface area contributed by atoms with Gasteiger partial charge in [0.05, 0.1) is 0 Å². The van der Waals surface area contributed by atoms with Crippen LogP contribution < -0.4 is 10.6 Å². The van der Waals surface area contributed by atoms with Gasteiger partial charge in [-0.25, -0.2) is 9.18 Å². The molecule has 0 spiro atoms. The standard InChI is InChI=1S/C19H23FN4O4/c20-14-1-3-15(4-2-14)22-19(28)23-9-7-13(8-10-23)11-21-16(25)12-24-17(26)5-6-18(24)27/h1-4,13H,5-12H2,(H,21,25)(H,22,28). The highest BCUT2D eigenvalue weighted by Crippen LogP contribution is 2.18.